The van der Waals surface area contributed by atoms with E-state index in [9.17, 15) is 0 Å². The fourth-order valence-corrected chi connectivity index (χ4v) is 2.35. The van der Waals surface area contributed by atoms with Gasteiger partial charge in [-0.1, -0.05) is 19.1 Å². The summed E-state index contributed by atoms with van der Waals surface area (Å²) in [5, 5.41) is 1.46. The molecule has 0 fully saturated rings. The van der Waals surface area contributed by atoms with Crippen LogP contribution < -0.4 is 0 Å². The zero-order valence-electron chi connectivity index (χ0n) is 8.79. The second kappa shape index (κ2) is 3.87. The molecule has 0 atom stereocenters. The molecular formula is C12H15ClN2. The zero-order valence-corrected chi connectivity index (χ0v) is 9.60. The minimum Gasteiger partial charge on any atom is -0.361 e. The van der Waals surface area contributed by atoms with E-state index in [4.69, 9.17) is 0 Å². The number of nitrogens with zero attached hydrogens (tertiary/aromatic N) is 1. The minimum absolute atomic E-state index is 0. The van der Waals surface area contributed by atoms with Gasteiger partial charge in [0.25, 0.3) is 0 Å². The number of hydrogen-bond acceptors (Lipinski definition) is 1. The number of H-pyrrole nitrogens is 1. The lowest BCUT2D eigenvalue weighted by molar-refractivity contribution is 0.267. The van der Waals surface area contributed by atoms with E-state index in [-0.39, 0.29) is 12.4 Å². The minimum atomic E-state index is 0. The van der Waals surface area contributed by atoms with Crippen molar-refractivity contribution in [2.24, 2.45) is 0 Å². The first-order chi connectivity index (χ1) is 6.88. The van der Waals surface area contributed by atoms with Crippen LogP contribution in [-0.2, 0) is 13.1 Å². The van der Waals surface area contributed by atoms with Crippen LogP contribution in [0.4, 0.5) is 0 Å². The van der Waals surface area contributed by atoms with Crippen molar-refractivity contribution in [3.8, 4) is 0 Å². The van der Waals surface area contributed by atoms with E-state index in [1.165, 1.54) is 22.0 Å². The molecule has 0 aliphatic carbocycles. The molecule has 0 amide bonds. The Labute approximate surface area is 95.7 Å². The molecule has 0 saturated heterocycles. The lowest BCUT2D eigenvalue weighted by Crippen LogP contribution is -2.25. The molecule has 1 aromatic heterocycles. The van der Waals surface area contributed by atoms with Gasteiger partial charge in [0.1, 0.15) is 0 Å². The summed E-state index contributed by atoms with van der Waals surface area (Å²) in [7, 11) is 0. The molecule has 2 nitrogen and oxygen atoms in total. The molecule has 3 rings (SSSR count). The second-order valence-corrected chi connectivity index (χ2v) is 3.96. The van der Waals surface area contributed by atoms with Gasteiger partial charge in [-0.2, -0.15) is 0 Å². The average Bonchev–Trinajstić information content (AvgIpc) is 2.64. The third-order valence-corrected chi connectivity index (χ3v) is 3.11. The van der Waals surface area contributed by atoms with Crippen molar-refractivity contribution < 1.29 is 0 Å². The highest BCUT2D eigenvalue weighted by atomic mass is 35.5. The van der Waals surface area contributed by atoms with Gasteiger partial charge in [-0.25, -0.2) is 0 Å². The molecule has 3 heteroatoms. The van der Waals surface area contributed by atoms with E-state index in [1.807, 2.05) is 0 Å². The average molecular weight is 223 g/mol. The number of nitrogens with one attached hydrogen (secondary N) is 1. The first-order valence-electron chi connectivity index (χ1n) is 5.18. The van der Waals surface area contributed by atoms with Gasteiger partial charge in [-0.3, -0.25) is 4.90 Å². The first kappa shape index (κ1) is 10.5. The van der Waals surface area contributed by atoms with Crippen molar-refractivity contribution in [2.75, 3.05) is 6.54 Å². The quantitative estimate of drug-likeness (QED) is 0.786. The molecule has 1 aromatic carbocycles. The Morgan fingerprint density at radius 3 is 2.87 bits per heavy atom. The van der Waals surface area contributed by atoms with E-state index in [0.29, 0.717) is 0 Å². The maximum Gasteiger partial charge on any atom is 0.0460 e. The molecule has 0 saturated carbocycles. The summed E-state index contributed by atoms with van der Waals surface area (Å²) in [6.45, 7) is 5.53. The van der Waals surface area contributed by atoms with Gasteiger partial charge in [0.05, 0.1) is 0 Å². The smallest absolute Gasteiger partial charge is 0.0460 e. The van der Waals surface area contributed by atoms with Crippen LogP contribution in [-0.4, -0.2) is 16.4 Å². The predicted molar refractivity (Wildman–Crippen MR) is 65.3 cm³/mol. The van der Waals surface area contributed by atoms with Crippen molar-refractivity contribution in [3.63, 3.8) is 0 Å². The number of hydrogen-bond donors (Lipinski definition) is 1. The monoisotopic (exact) mass is 222 g/mol. The number of benzene rings is 1. The summed E-state index contributed by atoms with van der Waals surface area (Å²) >= 11 is 0. The highest BCUT2D eigenvalue weighted by molar-refractivity contribution is 5.87. The Hall–Kier alpha value is -0.990. The zero-order chi connectivity index (χ0) is 9.54. The van der Waals surface area contributed by atoms with Crippen LogP contribution >= 0.6 is 12.4 Å². The SMILES string of the molecule is CCN1Cc2cccc3[nH]cc(c23)C1.Cl. The molecule has 1 aliphatic rings. The molecule has 2 aromatic rings. The highest BCUT2D eigenvalue weighted by Crippen LogP contribution is 2.29. The molecule has 0 unspecified atom stereocenters. The van der Waals surface area contributed by atoms with E-state index in [0.717, 1.165) is 19.6 Å². The summed E-state index contributed by atoms with van der Waals surface area (Å²) in [4.78, 5) is 5.80. The molecule has 0 spiro atoms. The lowest BCUT2D eigenvalue weighted by atomic mass is 10.0. The summed E-state index contributed by atoms with van der Waals surface area (Å²) in [6.07, 6.45) is 2.15. The van der Waals surface area contributed by atoms with Crippen LogP contribution in [0.15, 0.2) is 24.4 Å². The Morgan fingerprint density at radius 2 is 2.07 bits per heavy atom. The molecule has 2 heterocycles. The fraction of sp³-hybridized carbons (Fsp3) is 0.333. The number of rotatable bonds is 1. The molecule has 1 aliphatic heterocycles. The first-order valence-corrected chi connectivity index (χ1v) is 5.18. The molecule has 0 bridgehead atoms. The van der Waals surface area contributed by atoms with Gasteiger partial charge < -0.3 is 4.98 Å². The Balaban J connectivity index is 0.000000853. The molecule has 1 N–H and O–H groups in total. The van der Waals surface area contributed by atoms with Gasteiger partial charge in [-0.15, -0.1) is 12.4 Å². The van der Waals surface area contributed by atoms with E-state index >= 15 is 0 Å². The topological polar surface area (TPSA) is 19.0 Å². The number of halogens is 1. The molecule has 15 heavy (non-hydrogen) atoms. The fourth-order valence-electron chi connectivity index (χ4n) is 2.35. The highest BCUT2D eigenvalue weighted by Gasteiger charge is 2.17. The largest absolute Gasteiger partial charge is 0.361 e. The van der Waals surface area contributed by atoms with Crippen molar-refractivity contribution in [2.45, 2.75) is 20.0 Å². The Bertz CT molecular complexity index is 475. The lowest BCUT2D eigenvalue weighted by Gasteiger charge is -2.25. The number of aromatic nitrogens is 1. The number of aromatic amines is 1. The van der Waals surface area contributed by atoms with E-state index in [1.54, 1.807) is 0 Å². The molecule has 80 valence electrons. The maximum atomic E-state index is 3.34. The normalized spacial score (nSPS) is 15.3. The van der Waals surface area contributed by atoms with Crippen molar-refractivity contribution >= 4 is 23.3 Å². The van der Waals surface area contributed by atoms with Crippen molar-refractivity contribution in [3.05, 3.63) is 35.5 Å². The predicted octanol–water partition coefficient (Wildman–Crippen LogP) is 2.93. The third kappa shape index (κ3) is 1.54. The van der Waals surface area contributed by atoms with Crippen LogP contribution in [0.3, 0.4) is 0 Å². The summed E-state index contributed by atoms with van der Waals surface area (Å²) in [6, 6.07) is 6.53. The van der Waals surface area contributed by atoms with Crippen LogP contribution in [0.2, 0.25) is 0 Å². The Morgan fingerprint density at radius 1 is 1.27 bits per heavy atom. The third-order valence-electron chi connectivity index (χ3n) is 3.11. The van der Waals surface area contributed by atoms with Crippen LogP contribution in [0.5, 0.6) is 0 Å². The van der Waals surface area contributed by atoms with Gasteiger partial charge in [-0.05, 0) is 23.7 Å². The van der Waals surface area contributed by atoms with Gasteiger partial charge in [0.2, 0.25) is 0 Å². The van der Waals surface area contributed by atoms with Crippen molar-refractivity contribution in [1.82, 2.24) is 9.88 Å². The van der Waals surface area contributed by atoms with Crippen LogP contribution in [0, 0.1) is 0 Å². The maximum absolute atomic E-state index is 3.34. The van der Waals surface area contributed by atoms with Crippen molar-refractivity contribution in [1.29, 1.82) is 0 Å². The van der Waals surface area contributed by atoms with Crippen LogP contribution in [0.25, 0.3) is 10.9 Å². The van der Waals surface area contributed by atoms with Gasteiger partial charge in [0, 0.05) is 30.2 Å². The second-order valence-electron chi connectivity index (χ2n) is 3.96. The van der Waals surface area contributed by atoms with Gasteiger partial charge in [0.15, 0.2) is 0 Å². The Kier molecular flexibility index (Phi) is 2.72. The van der Waals surface area contributed by atoms with E-state index in [2.05, 4.69) is 41.2 Å². The van der Waals surface area contributed by atoms with E-state index < -0.39 is 0 Å². The van der Waals surface area contributed by atoms with Crippen LogP contribution in [0.1, 0.15) is 18.1 Å². The van der Waals surface area contributed by atoms with Gasteiger partial charge >= 0.3 is 0 Å². The molecular weight excluding hydrogens is 208 g/mol. The molecule has 0 radical (unpaired) electrons. The summed E-state index contributed by atoms with van der Waals surface area (Å²) in [5.41, 5.74) is 4.20. The summed E-state index contributed by atoms with van der Waals surface area (Å²) in [5.74, 6) is 0. The summed E-state index contributed by atoms with van der Waals surface area (Å²) < 4.78 is 0. The standard InChI is InChI=1S/C12H14N2.ClH/c1-2-14-7-9-4-3-5-11-12(9)10(8-14)6-13-11;/h3-6,13H,2,7-8H2,1H3;1H.